The Bertz CT molecular complexity index is 1380. The molecular weight excluding hydrogens is 426 g/mol. The van der Waals surface area contributed by atoms with Crippen molar-refractivity contribution >= 4 is 45.8 Å². The van der Waals surface area contributed by atoms with Crippen LogP contribution in [0.25, 0.3) is 22.2 Å². The molecule has 0 fully saturated rings. The van der Waals surface area contributed by atoms with Gasteiger partial charge in [0.2, 0.25) is 0 Å². The number of hydrogen-bond donors (Lipinski definition) is 2. The number of nitrogens with one attached hydrogen (secondary N) is 1. The molecule has 0 bridgehead atoms. The van der Waals surface area contributed by atoms with Gasteiger partial charge in [0.05, 0.1) is 22.2 Å². The molecule has 33 heavy (non-hydrogen) atoms. The van der Waals surface area contributed by atoms with Crippen LogP contribution in [0.1, 0.15) is 22.3 Å². The number of nitrogen functional groups attached to an aromatic ring is 1. The van der Waals surface area contributed by atoms with Gasteiger partial charge >= 0.3 is 0 Å². The minimum Gasteiger partial charge on any atom is -0.385 e. The number of ether oxygens (including phenoxy) is 1. The predicted octanol–water partition coefficient (Wildman–Crippen LogP) is 2.72. The number of carbonyl (C=O) groups excluding carboxylic acids is 1. The van der Waals surface area contributed by atoms with Crippen molar-refractivity contribution in [1.29, 1.82) is 0 Å². The molecule has 0 aliphatic heterocycles. The van der Waals surface area contributed by atoms with Gasteiger partial charge in [-0.2, -0.15) is 9.78 Å². The molecule has 1 amide bonds. The summed E-state index contributed by atoms with van der Waals surface area (Å²) in [6, 6.07) is 13.2. The molecule has 2 aromatic heterocycles. The zero-order chi connectivity index (χ0) is 23.4. The molecule has 0 aliphatic carbocycles. The van der Waals surface area contributed by atoms with Gasteiger partial charge in [-0.25, -0.2) is 9.97 Å². The van der Waals surface area contributed by atoms with Crippen molar-refractivity contribution in [2.24, 2.45) is 5.10 Å². The Balaban J connectivity index is 1.80. The molecule has 2 heterocycles. The molecule has 0 saturated heterocycles. The van der Waals surface area contributed by atoms with Gasteiger partial charge in [-0.3, -0.25) is 14.9 Å². The zero-order valence-electron chi connectivity index (χ0n) is 17.8. The van der Waals surface area contributed by atoms with E-state index in [0.717, 1.165) is 0 Å². The summed E-state index contributed by atoms with van der Waals surface area (Å²) in [5, 5.41) is 18.2. The second-order valence-corrected chi connectivity index (χ2v) is 7.16. The van der Waals surface area contributed by atoms with E-state index in [2.05, 4.69) is 20.4 Å². The van der Waals surface area contributed by atoms with Crippen LogP contribution in [-0.2, 0) is 4.74 Å². The molecular formula is C22H21N7O4. The molecule has 0 radical (unpaired) electrons. The lowest BCUT2D eigenvalue weighted by Crippen LogP contribution is -2.26. The van der Waals surface area contributed by atoms with E-state index in [0.29, 0.717) is 47.3 Å². The highest BCUT2D eigenvalue weighted by molar-refractivity contribution is 6.10. The molecule has 11 nitrogen and oxygen atoms in total. The average molecular weight is 447 g/mol. The first kappa shape index (κ1) is 21.8. The number of para-hydroxylation sites is 2. The van der Waals surface area contributed by atoms with Crippen LogP contribution in [0.15, 0.2) is 53.6 Å². The summed E-state index contributed by atoms with van der Waals surface area (Å²) >= 11 is 0. The fraction of sp³-hybridized carbons (Fsp3) is 0.182. The molecule has 168 valence electrons. The standard InChI is InChI=1S/C22H21N7O4/c1-33-11-5-10-24-22(30)18-19-21(27-17-9-3-2-8-16(17)26-19)28(20(18)23)25-13-14-6-4-7-15(12-14)29(31)32/h2-4,6-9,12-13H,5,10-11,23H2,1H3,(H,24,30)/b25-13-. The number of nitrogens with zero attached hydrogens (tertiary/aromatic N) is 5. The molecule has 0 atom stereocenters. The second-order valence-electron chi connectivity index (χ2n) is 7.16. The number of nitro groups is 1. The zero-order valence-corrected chi connectivity index (χ0v) is 17.8. The Morgan fingerprint density at radius 1 is 1.24 bits per heavy atom. The van der Waals surface area contributed by atoms with E-state index >= 15 is 0 Å². The first-order chi connectivity index (χ1) is 16.0. The number of non-ortho nitro benzene ring substituents is 1. The van der Waals surface area contributed by atoms with Crippen molar-refractivity contribution in [1.82, 2.24) is 20.0 Å². The van der Waals surface area contributed by atoms with Gasteiger partial charge in [0.15, 0.2) is 5.65 Å². The van der Waals surface area contributed by atoms with Crippen LogP contribution >= 0.6 is 0 Å². The molecule has 0 saturated carbocycles. The minimum atomic E-state index is -0.486. The largest absolute Gasteiger partial charge is 0.385 e. The number of aromatic nitrogens is 3. The average Bonchev–Trinajstić information content (AvgIpc) is 3.09. The number of nitrogens with two attached hydrogens (primary N) is 1. The molecule has 4 aromatic rings. The summed E-state index contributed by atoms with van der Waals surface area (Å²) in [4.78, 5) is 32.7. The maximum Gasteiger partial charge on any atom is 0.270 e. The van der Waals surface area contributed by atoms with Gasteiger partial charge in [-0.05, 0) is 18.6 Å². The number of fused-ring (bicyclic) bond motifs is 2. The normalized spacial score (nSPS) is 11.4. The number of benzene rings is 2. The third kappa shape index (κ3) is 4.48. The fourth-order valence-corrected chi connectivity index (χ4v) is 3.34. The number of amides is 1. The van der Waals surface area contributed by atoms with Crippen molar-refractivity contribution in [2.75, 3.05) is 26.0 Å². The predicted molar refractivity (Wildman–Crippen MR) is 124 cm³/mol. The van der Waals surface area contributed by atoms with E-state index in [-0.39, 0.29) is 17.1 Å². The first-order valence-corrected chi connectivity index (χ1v) is 10.1. The maximum absolute atomic E-state index is 12.9. The van der Waals surface area contributed by atoms with Crippen LogP contribution in [0.5, 0.6) is 0 Å². The lowest BCUT2D eigenvalue weighted by Gasteiger charge is -2.05. The molecule has 0 unspecified atom stereocenters. The summed E-state index contributed by atoms with van der Waals surface area (Å²) in [5.74, 6) is -0.339. The van der Waals surface area contributed by atoms with Crippen molar-refractivity contribution in [3.05, 3.63) is 69.8 Å². The molecule has 2 aromatic carbocycles. The van der Waals surface area contributed by atoms with Crippen LogP contribution in [0.4, 0.5) is 11.5 Å². The number of methoxy groups -OCH3 is 1. The van der Waals surface area contributed by atoms with Gasteiger partial charge in [0.1, 0.15) is 16.9 Å². The number of nitro benzene ring substituents is 1. The van der Waals surface area contributed by atoms with Crippen LogP contribution in [-0.4, -0.2) is 52.0 Å². The minimum absolute atomic E-state index is 0.0613. The fourth-order valence-electron chi connectivity index (χ4n) is 3.34. The molecule has 3 N–H and O–H groups in total. The quantitative estimate of drug-likeness (QED) is 0.182. The Morgan fingerprint density at radius 2 is 2.00 bits per heavy atom. The SMILES string of the molecule is COCCCNC(=O)c1c(N)n(/N=C\c2cccc([N+](=O)[O-])c2)c2nc3ccccc3nc12. The van der Waals surface area contributed by atoms with E-state index in [1.165, 1.54) is 23.0 Å². The van der Waals surface area contributed by atoms with Crippen LogP contribution in [0.2, 0.25) is 0 Å². The van der Waals surface area contributed by atoms with Crippen LogP contribution in [0, 0.1) is 10.1 Å². The van der Waals surface area contributed by atoms with Crippen molar-refractivity contribution in [2.45, 2.75) is 6.42 Å². The number of anilines is 1. The van der Waals surface area contributed by atoms with Crippen molar-refractivity contribution in [3.63, 3.8) is 0 Å². The highest BCUT2D eigenvalue weighted by Gasteiger charge is 2.23. The third-order valence-corrected chi connectivity index (χ3v) is 4.92. The Morgan fingerprint density at radius 3 is 2.73 bits per heavy atom. The van der Waals surface area contributed by atoms with Crippen LogP contribution in [0.3, 0.4) is 0 Å². The summed E-state index contributed by atoms with van der Waals surface area (Å²) < 4.78 is 6.33. The number of hydrogen-bond acceptors (Lipinski definition) is 8. The summed E-state index contributed by atoms with van der Waals surface area (Å²) in [6.07, 6.45) is 2.06. The highest BCUT2D eigenvalue weighted by Crippen LogP contribution is 2.28. The van der Waals surface area contributed by atoms with Crippen molar-refractivity contribution in [3.8, 4) is 0 Å². The summed E-state index contributed by atoms with van der Waals surface area (Å²) in [7, 11) is 1.59. The van der Waals surface area contributed by atoms with E-state index in [1.807, 2.05) is 12.1 Å². The Labute approximate surface area is 188 Å². The van der Waals surface area contributed by atoms with E-state index in [4.69, 9.17) is 10.5 Å². The molecule has 0 aliphatic rings. The third-order valence-electron chi connectivity index (χ3n) is 4.92. The second kappa shape index (κ2) is 9.40. The molecule has 11 heteroatoms. The molecule has 0 spiro atoms. The number of rotatable bonds is 8. The van der Waals surface area contributed by atoms with Crippen LogP contribution < -0.4 is 11.1 Å². The topological polar surface area (TPSA) is 151 Å². The summed E-state index contributed by atoms with van der Waals surface area (Å²) in [5.41, 5.74) is 8.75. The van der Waals surface area contributed by atoms with E-state index < -0.39 is 10.8 Å². The Hall–Kier alpha value is -4.38. The van der Waals surface area contributed by atoms with Crippen molar-refractivity contribution < 1.29 is 14.5 Å². The highest BCUT2D eigenvalue weighted by atomic mass is 16.6. The monoisotopic (exact) mass is 447 g/mol. The smallest absolute Gasteiger partial charge is 0.270 e. The lowest BCUT2D eigenvalue weighted by atomic mass is 10.2. The van der Waals surface area contributed by atoms with E-state index in [9.17, 15) is 14.9 Å². The van der Waals surface area contributed by atoms with Gasteiger partial charge in [0.25, 0.3) is 11.6 Å². The van der Waals surface area contributed by atoms with Gasteiger partial charge in [0, 0.05) is 38.0 Å². The van der Waals surface area contributed by atoms with Gasteiger partial charge in [-0.15, -0.1) is 0 Å². The van der Waals surface area contributed by atoms with Gasteiger partial charge < -0.3 is 15.8 Å². The summed E-state index contributed by atoms with van der Waals surface area (Å²) in [6.45, 7) is 0.909. The first-order valence-electron chi connectivity index (χ1n) is 10.1. The van der Waals surface area contributed by atoms with E-state index in [1.54, 1.807) is 31.4 Å². The number of carbonyl (C=O) groups is 1. The molecule has 4 rings (SSSR count). The lowest BCUT2D eigenvalue weighted by molar-refractivity contribution is -0.384. The maximum atomic E-state index is 12.9. The Kier molecular flexibility index (Phi) is 6.22. The van der Waals surface area contributed by atoms with Gasteiger partial charge in [-0.1, -0.05) is 24.3 Å².